The summed E-state index contributed by atoms with van der Waals surface area (Å²) < 4.78 is 10.9. The summed E-state index contributed by atoms with van der Waals surface area (Å²) in [5.41, 5.74) is 7.20. The van der Waals surface area contributed by atoms with Gasteiger partial charge in [-0.1, -0.05) is 42.4 Å². The predicted molar refractivity (Wildman–Crippen MR) is 80.9 cm³/mol. The molecule has 0 saturated carbocycles. The average molecular weight is 289 g/mol. The van der Waals surface area contributed by atoms with E-state index in [1.165, 1.54) is 5.56 Å². The lowest BCUT2D eigenvalue weighted by molar-refractivity contribution is 0.0665. The van der Waals surface area contributed by atoms with E-state index in [4.69, 9.17) is 15.0 Å². The van der Waals surface area contributed by atoms with E-state index in [0.29, 0.717) is 18.3 Å². The monoisotopic (exact) mass is 289 g/mol. The zero-order chi connectivity index (χ0) is 15.2. The molecule has 5 heteroatoms. The number of nitrogens with zero attached hydrogens (tertiary/aromatic N) is 2. The molecule has 2 rings (SSSR count). The first-order valence-electron chi connectivity index (χ1n) is 7.37. The summed E-state index contributed by atoms with van der Waals surface area (Å²) in [4.78, 5) is 4.45. The Morgan fingerprint density at radius 2 is 1.95 bits per heavy atom. The Balaban J connectivity index is 2.11. The second-order valence-corrected chi connectivity index (χ2v) is 5.35. The fraction of sp³-hybridized carbons (Fsp3) is 0.500. The third kappa shape index (κ3) is 4.12. The molecule has 1 aromatic carbocycles. The summed E-state index contributed by atoms with van der Waals surface area (Å²) in [6, 6.07) is 9.79. The zero-order valence-electron chi connectivity index (χ0n) is 12.8. The molecule has 0 aliphatic carbocycles. The Kier molecular flexibility index (Phi) is 5.47. The number of rotatable bonds is 7. The minimum absolute atomic E-state index is 0.102. The molecule has 2 atom stereocenters. The summed E-state index contributed by atoms with van der Waals surface area (Å²) >= 11 is 0. The van der Waals surface area contributed by atoms with Crippen LogP contribution >= 0.6 is 0 Å². The van der Waals surface area contributed by atoms with Gasteiger partial charge in [0.15, 0.2) is 5.82 Å². The minimum atomic E-state index is -0.363. The standard InChI is InChI=1S/C16H23N3O2/c1-4-13(12-8-6-5-7-9-12)16-18-15(19-21-16)14(17)10-20-11(2)3/h5-9,11,13-14H,4,10,17H2,1-3H3. The van der Waals surface area contributed by atoms with Crippen LogP contribution in [-0.4, -0.2) is 22.9 Å². The first-order valence-corrected chi connectivity index (χ1v) is 7.37. The second kappa shape index (κ2) is 7.33. The molecule has 0 aliphatic rings. The van der Waals surface area contributed by atoms with Gasteiger partial charge < -0.3 is 15.0 Å². The molecule has 0 amide bonds. The fourth-order valence-corrected chi connectivity index (χ4v) is 2.15. The van der Waals surface area contributed by atoms with Crippen molar-refractivity contribution >= 4 is 0 Å². The van der Waals surface area contributed by atoms with Crippen LogP contribution in [0.1, 0.15) is 56.4 Å². The zero-order valence-corrected chi connectivity index (χ0v) is 12.8. The van der Waals surface area contributed by atoms with Crippen molar-refractivity contribution in [1.29, 1.82) is 0 Å². The van der Waals surface area contributed by atoms with Gasteiger partial charge in [-0.2, -0.15) is 4.98 Å². The van der Waals surface area contributed by atoms with Gasteiger partial charge in [0, 0.05) is 0 Å². The van der Waals surface area contributed by atoms with Gasteiger partial charge in [0.05, 0.1) is 24.7 Å². The lowest BCUT2D eigenvalue weighted by atomic mass is 9.96. The van der Waals surface area contributed by atoms with Gasteiger partial charge in [0.2, 0.25) is 5.89 Å². The van der Waals surface area contributed by atoms with Gasteiger partial charge in [-0.15, -0.1) is 0 Å². The third-order valence-electron chi connectivity index (χ3n) is 3.31. The van der Waals surface area contributed by atoms with Crippen LogP contribution in [0.25, 0.3) is 0 Å². The number of ether oxygens (including phenoxy) is 1. The summed E-state index contributed by atoms with van der Waals surface area (Å²) in [5.74, 6) is 1.21. The van der Waals surface area contributed by atoms with E-state index in [9.17, 15) is 0 Å². The quantitative estimate of drug-likeness (QED) is 0.848. The highest BCUT2D eigenvalue weighted by atomic mass is 16.5. The fourth-order valence-electron chi connectivity index (χ4n) is 2.15. The summed E-state index contributed by atoms with van der Waals surface area (Å²) in [5, 5.41) is 4.00. The molecule has 2 unspecified atom stereocenters. The number of aromatic nitrogens is 2. The first kappa shape index (κ1) is 15.7. The van der Waals surface area contributed by atoms with Crippen molar-refractivity contribution in [2.75, 3.05) is 6.61 Å². The van der Waals surface area contributed by atoms with Crippen molar-refractivity contribution in [3.05, 3.63) is 47.6 Å². The van der Waals surface area contributed by atoms with E-state index in [0.717, 1.165) is 6.42 Å². The molecule has 0 aliphatic heterocycles. The van der Waals surface area contributed by atoms with E-state index in [1.807, 2.05) is 32.0 Å². The molecule has 2 N–H and O–H groups in total. The molecule has 0 fully saturated rings. The molecule has 5 nitrogen and oxygen atoms in total. The van der Waals surface area contributed by atoms with Crippen molar-refractivity contribution in [1.82, 2.24) is 10.1 Å². The lowest BCUT2D eigenvalue weighted by Gasteiger charge is -2.11. The van der Waals surface area contributed by atoms with Gasteiger partial charge in [-0.05, 0) is 25.8 Å². The van der Waals surface area contributed by atoms with Gasteiger partial charge in [0.25, 0.3) is 0 Å². The average Bonchev–Trinajstić information content (AvgIpc) is 2.96. The molecule has 0 radical (unpaired) electrons. The van der Waals surface area contributed by atoms with Crippen LogP contribution in [0, 0.1) is 0 Å². The van der Waals surface area contributed by atoms with Crippen LogP contribution in [0.2, 0.25) is 0 Å². The van der Waals surface area contributed by atoms with Crippen LogP contribution < -0.4 is 5.73 Å². The summed E-state index contributed by atoms with van der Waals surface area (Å²) in [7, 11) is 0. The number of benzene rings is 1. The largest absolute Gasteiger partial charge is 0.377 e. The Bertz CT molecular complexity index is 539. The molecule has 21 heavy (non-hydrogen) atoms. The highest BCUT2D eigenvalue weighted by Gasteiger charge is 2.21. The van der Waals surface area contributed by atoms with Crippen LogP contribution in [0.15, 0.2) is 34.9 Å². The van der Waals surface area contributed by atoms with Crippen LogP contribution in [0.4, 0.5) is 0 Å². The van der Waals surface area contributed by atoms with E-state index in [2.05, 4.69) is 29.2 Å². The second-order valence-electron chi connectivity index (χ2n) is 5.35. The molecule has 0 saturated heterocycles. The maximum Gasteiger partial charge on any atom is 0.234 e. The summed E-state index contributed by atoms with van der Waals surface area (Å²) in [6.07, 6.45) is 1.03. The van der Waals surface area contributed by atoms with Gasteiger partial charge in [0.1, 0.15) is 0 Å². The van der Waals surface area contributed by atoms with Crippen molar-refractivity contribution in [2.24, 2.45) is 5.73 Å². The van der Waals surface area contributed by atoms with Crippen molar-refractivity contribution in [3.8, 4) is 0 Å². The Morgan fingerprint density at radius 3 is 2.57 bits per heavy atom. The smallest absolute Gasteiger partial charge is 0.234 e. The van der Waals surface area contributed by atoms with Crippen molar-refractivity contribution < 1.29 is 9.26 Å². The van der Waals surface area contributed by atoms with E-state index < -0.39 is 0 Å². The molecule has 1 aromatic heterocycles. The Labute approximate surface area is 125 Å². The molecule has 0 bridgehead atoms. The van der Waals surface area contributed by atoms with Crippen LogP contribution in [0.5, 0.6) is 0 Å². The normalized spacial score (nSPS) is 14.3. The first-order chi connectivity index (χ1) is 10.1. The maximum absolute atomic E-state index is 6.03. The Morgan fingerprint density at radius 1 is 1.24 bits per heavy atom. The molecule has 1 heterocycles. The lowest BCUT2D eigenvalue weighted by Crippen LogP contribution is -2.20. The van der Waals surface area contributed by atoms with Gasteiger partial charge >= 0.3 is 0 Å². The van der Waals surface area contributed by atoms with E-state index in [-0.39, 0.29) is 18.1 Å². The number of hydrogen-bond acceptors (Lipinski definition) is 5. The molecular formula is C16H23N3O2. The van der Waals surface area contributed by atoms with Crippen LogP contribution in [-0.2, 0) is 4.74 Å². The maximum atomic E-state index is 6.03. The molecule has 2 aromatic rings. The molecule has 0 spiro atoms. The van der Waals surface area contributed by atoms with Crippen LogP contribution in [0.3, 0.4) is 0 Å². The predicted octanol–water partition coefficient (Wildman–Crippen LogP) is 3.04. The topological polar surface area (TPSA) is 74.2 Å². The van der Waals surface area contributed by atoms with Crippen molar-refractivity contribution in [2.45, 2.75) is 45.3 Å². The van der Waals surface area contributed by atoms with E-state index >= 15 is 0 Å². The van der Waals surface area contributed by atoms with Crippen molar-refractivity contribution in [3.63, 3.8) is 0 Å². The SMILES string of the molecule is CCC(c1ccccc1)c1nc(C(N)COC(C)C)no1. The summed E-state index contributed by atoms with van der Waals surface area (Å²) in [6.45, 7) is 6.43. The molecule has 114 valence electrons. The van der Waals surface area contributed by atoms with Gasteiger partial charge in [-0.3, -0.25) is 0 Å². The minimum Gasteiger partial charge on any atom is -0.377 e. The number of nitrogens with two attached hydrogens (primary N) is 1. The Hall–Kier alpha value is -1.72. The third-order valence-corrected chi connectivity index (χ3v) is 3.31. The highest BCUT2D eigenvalue weighted by Crippen LogP contribution is 2.26. The van der Waals surface area contributed by atoms with Gasteiger partial charge in [-0.25, -0.2) is 0 Å². The molecular weight excluding hydrogens is 266 g/mol. The van der Waals surface area contributed by atoms with E-state index in [1.54, 1.807) is 0 Å². The highest BCUT2D eigenvalue weighted by molar-refractivity contribution is 5.24. The number of hydrogen-bond donors (Lipinski definition) is 1.